The fourth-order valence-corrected chi connectivity index (χ4v) is 8.00. The number of rotatable bonds is 8. The maximum Gasteiger partial charge on any atom is 0.253 e. The van der Waals surface area contributed by atoms with Crippen molar-refractivity contribution in [3.8, 4) is 0 Å². The van der Waals surface area contributed by atoms with Crippen molar-refractivity contribution in [2.75, 3.05) is 11.5 Å². The van der Waals surface area contributed by atoms with E-state index in [-0.39, 0.29) is 28.7 Å². The summed E-state index contributed by atoms with van der Waals surface area (Å²) in [6.07, 6.45) is -0.374. The number of fused-ring (bicyclic) bond motifs is 1. The van der Waals surface area contributed by atoms with Crippen LogP contribution in [0.1, 0.15) is 32.8 Å². The Labute approximate surface area is 253 Å². The van der Waals surface area contributed by atoms with E-state index in [1.807, 2.05) is 67.6 Å². The summed E-state index contributed by atoms with van der Waals surface area (Å²) in [5.41, 5.74) is 11.3. The number of amides is 2. The molecule has 0 spiro atoms. The Kier molecular flexibility index (Phi) is 7.84. The molecule has 0 aliphatic carbocycles. The van der Waals surface area contributed by atoms with E-state index >= 15 is 0 Å². The van der Waals surface area contributed by atoms with E-state index in [9.17, 15) is 9.59 Å². The molecule has 6 rings (SSSR count). The highest BCUT2D eigenvalue weighted by atomic mass is 32.2. The van der Waals surface area contributed by atoms with Gasteiger partial charge in [-0.3, -0.25) is 14.5 Å². The molecular formula is C28H24N6O3S4. The lowest BCUT2D eigenvalue weighted by molar-refractivity contribution is -0.145. The van der Waals surface area contributed by atoms with Crippen LogP contribution in [0.2, 0.25) is 0 Å². The second kappa shape index (κ2) is 11.7. The molecule has 2 aromatic carbocycles. The number of thiocarbonyl (C=S) groups is 1. The molecule has 3 N–H and O–H groups in total. The number of nitrogens with zero attached hydrogens (tertiary/aromatic N) is 4. The number of anilines is 1. The first kappa shape index (κ1) is 27.5. The lowest BCUT2D eigenvalue weighted by atomic mass is 10.0. The van der Waals surface area contributed by atoms with E-state index < -0.39 is 12.1 Å². The van der Waals surface area contributed by atoms with Gasteiger partial charge in [0.2, 0.25) is 11.0 Å². The van der Waals surface area contributed by atoms with Crippen LogP contribution >= 0.6 is 46.7 Å². The van der Waals surface area contributed by atoms with Crippen LogP contribution in [-0.2, 0) is 20.7 Å². The zero-order valence-electron chi connectivity index (χ0n) is 21.7. The number of thiazole rings is 1. The topological polar surface area (TPSA) is 123 Å². The Hall–Kier alpha value is -3.65. The number of nitrogens with one attached hydrogen (secondary N) is 1. The minimum absolute atomic E-state index is 0.109. The first-order chi connectivity index (χ1) is 19.9. The average molecular weight is 621 g/mol. The molecule has 41 heavy (non-hydrogen) atoms. The van der Waals surface area contributed by atoms with Gasteiger partial charge < -0.3 is 15.8 Å². The van der Waals surface area contributed by atoms with E-state index in [1.165, 1.54) is 22.7 Å². The van der Waals surface area contributed by atoms with Crippen LogP contribution in [-0.4, -0.2) is 54.1 Å². The quantitative estimate of drug-likeness (QED) is 0.218. The van der Waals surface area contributed by atoms with E-state index in [4.69, 9.17) is 22.7 Å². The Balaban J connectivity index is 1.28. The maximum atomic E-state index is 13.6. The highest BCUT2D eigenvalue weighted by molar-refractivity contribution is 8.00. The molecular weight excluding hydrogens is 597 g/mol. The molecule has 2 aliphatic rings. The fraction of sp³-hybridized carbons (Fsp3) is 0.214. The van der Waals surface area contributed by atoms with Gasteiger partial charge in [0.05, 0.1) is 12.1 Å². The molecule has 0 saturated carbocycles. The van der Waals surface area contributed by atoms with Crippen molar-refractivity contribution in [3.63, 3.8) is 0 Å². The third kappa shape index (κ3) is 5.49. The molecule has 2 aromatic heterocycles. The molecule has 4 aromatic rings. The molecule has 2 aliphatic heterocycles. The zero-order valence-corrected chi connectivity index (χ0v) is 25.0. The Morgan fingerprint density at radius 2 is 1.85 bits per heavy atom. The van der Waals surface area contributed by atoms with Crippen molar-refractivity contribution in [2.24, 2.45) is 0 Å². The summed E-state index contributed by atoms with van der Waals surface area (Å²) in [7, 11) is 0. The Bertz CT molecular complexity index is 1590. The van der Waals surface area contributed by atoms with Gasteiger partial charge in [0.1, 0.15) is 33.7 Å². The van der Waals surface area contributed by atoms with E-state index in [0.29, 0.717) is 21.6 Å². The second-order valence-electron chi connectivity index (χ2n) is 9.37. The summed E-state index contributed by atoms with van der Waals surface area (Å²) < 4.78 is 6.52. The third-order valence-corrected chi connectivity index (χ3v) is 10.1. The predicted molar refractivity (Wildman–Crippen MR) is 165 cm³/mol. The van der Waals surface area contributed by atoms with Crippen LogP contribution < -0.4 is 11.1 Å². The molecule has 208 valence electrons. The number of thioether (sulfide) groups is 1. The number of hydrogen-bond donors (Lipinski definition) is 2. The molecule has 9 nitrogen and oxygen atoms in total. The number of aromatic nitrogens is 3. The van der Waals surface area contributed by atoms with Crippen molar-refractivity contribution in [3.05, 3.63) is 98.6 Å². The number of nitrogens with two attached hydrogens (primary N) is 1. The van der Waals surface area contributed by atoms with Crippen molar-refractivity contribution in [1.82, 2.24) is 25.4 Å². The lowest BCUT2D eigenvalue weighted by Crippen LogP contribution is -2.70. The fourth-order valence-electron chi connectivity index (χ4n) is 4.81. The van der Waals surface area contributed by atoms with Gasteiger partial charge in [0, 0.05) is 16.2 Å². The number of hydrogen-bond acceptors (Lipinski definition) is 11. The molecule has 2 atom stereocenters. The number of aryl methyl sites for hydroxylation is 1. The van der Waals surface area contributed by atoms with Gasteiger partial charge in [-0.25, -0.2) is 4.98 Å². The Morgan fingerprint density at radius 1 is 1.17 bits per heavy atom. The van der Waals surface area contributed by atoms with Gasteiger partial charge >= 0.3 is 0 Å². The van der Waals surface area contributed by atoms with Gasteiger partial charge in [0.25, 0.3) is 5.91 Å². The van der Waals surface area contributed by atoms with Crippen LogP contribution in [0.3, 0.4) is 0 Å². The van der Waals surface area contributed by atoms with Crippen molar-refractivity contribution < 1.29 is 14.3 Å². The zero-order chi connectivity index (χ0) is 28.5. The third-order valence-electron chi connectivity index (χ3n) is 6.76. The van der Waals surface area contributed by atoms with Gasteiger partial charge in [-0.2, -0.15) is 0 Å². The molecule has 0 unspecified atom stereocenters. The number of benzene rings is 2. The number of carbonyl (C=O) groups excluding carboxylic acids is 2. The van der Waals surface area contributed by atoms with Gasteiger partial charge in [-0.05, 0) is 30.3 Å². The van der Waals surface area contributed by atoms with E-state index in [2.05, 4.69) is 20.5 Å². The molecule has 0 radical (unpaired) electrons. The van der Waals surface area contributed by atoms with Crippen LogP contribution in [0, 0.1) is 6.92 Å². The Morgan fingerprint density at radius 3 is 2.44 bits per heavy atom. The lowest BCUT2D eigenvalue weighted by Gasteiger charge is -2.50. The van der Waals surface area contributed by atoms with Crippen LogP contribution in [0.25, 0.3) is 5.57 Å². The first-order valence-corrected chi connectivity index (χ1v) is 15.8. The minimum atomic E-state index is -0.689. The number of β-lactam (4-membered cyclic amide) rings is 1. The van der Waals surface area contributed by atoms with Crippen molar-refractivity contribution in [1.29, 1.82) is 0 Å². The highest BCUT2D eigenvalue weighted by Gasteiger charge is 2.54. The van der Waals surface area contributed by atoms with E-state index in [0.717, 1.165) is 27.3 Å². The molecule has 13 heteroatoms. The van der Waals surface area contributed by atoms with Gasteiger partial charge in [-0.15, -0.1) is 44.6 Å². The number of nitrogen functional groups attached to an aromatic ring is 1. The maximum absolute atomic E-state index is 13.6. The normalized spacial score (nSPS) is 18.2. The summed E-state index contributed by atoms with van der Waals surface area (Å²) in [5, 5.41) is 12.1. The number of ether oxygens (including phenoxy) is 1. The number of carbonyl (C=O) groups is 2. The largest absolute Gasteiger partial charge is 0.469 e. The molecule has 0 bridgehead atoms. The van der Waals surface area contributed by atoms with Crippen LogP contribution in [0.4, 0.5) is 5.13 Å². The summed E-state index contributed by atoms with van der Waals surface area (Å²) in [5.74, 6) is 0.0126. The smallest absolute Gasteiger partial charge is 0.253 e. The van der Waals surface area contributed by atoms with Crippen LogP contribution in [0.15, 0.2) is 71.9 Å². The standard InChI is InChI=1S/C28H24N6O3S4/c1-15-19(41-28(29)31-15)12-20(35)32-21-25(36)34-22(18(13-39-26(21)34)24-33-30-14-40-24)27(38)37-23(16-8-4-2-5-9-16)17-10-6-3-7-11-17/h2-11,14,21,23,26H,12-13H2,1H3,(H2,29,31)(H,32,35)/t21-,26-/m1/s1. The average Bonchev–Trinajstić information content (AvgIpc) is 3.63. The molecule has 1 saturated heterocycles. The minimum Gasteiger partial charge on any atom is -0.469 e. The molecule has 2 amide bonds. The van der Waals surface area contributed by atoms with Crippen molar-refractivity contribution in [2.45, 2.75) is 30.9 Å². The summed E-state index contributed by atoms with van der Waals surface area (Å²) in [6.45, 7) is 1.81. The highest BCUT2D eigenvalue weighted by Crippen LogP contribution is 2.45. The second-order valence-corrected chi connectivity index (χ2v) is 12.8. The predicted octanol–water partition coefficient (Wildman–Crippen LogP) is 4.37. The summed E-state index contributed by atoms with van der Waals surface area (Å²) in [6, 6.07) is 18.9. The SMILES string of the molecule is Cc1nc(N)sc1CC(=O)N[C@@H]1C(=O)N2C(C(=S)OC(c3ccccc3)c3ccccc3)=C(c3nncs3)CS[C@H]12. The molecule has 1 fully saturated rings. The van der Waals surface area contributed by atoms with E-state index in [1.54, 1.807) is 22.2 Å². The first-order valence-electron chi connectivity index (χ1n) is 12.7. The molecule has 4 heterocycles. The summed E-state index contributed by atoms with van der Waals surface area (Å²) in [4.78, 5) is 33.1. The van der Waals surface area contributed by atoms with Crippen molar-refractivity contribution >= 4 is 74.2 Å². The summed E-state index contributed by atoms with van der Waals surface area (Å²) >= 11 is 10.1. The monoisotopic (exact) mass is 620 g/mol. The van der Waals surface area contributed by atoms with Gasteiger partial charge in [-0.1, -0.05) is 60.7 Å². The van der Waals surface area contributed by atoms with Crippen LogP contribution in [0.5, 0.6) is 0 Å². The van der Waals surface area contributed by atoms with Gasteiger partial charge in [0.15, 0.2) is 5.13 Å².